The van der Waals surface area contributed by atoms with Crippen LogP contribution < -0.4 is 14.8 Å². The summed E-state index contributed by atoms with van der Waals surface area (Å²) >= 11 is 0. The van der Waals surface area contributed by atoms with Crippen LogP contribution >= 0.6 is 0 Å². The molecule has 1 atom stereocenters. The molecule has 0 radical (unpaired) electrons. The van der Waals surface area contributed by atoms with Gasteiger partial charge in [0.15, 0.2) is 11.5 Å². The second kappa shape index (κ2) is 9.64. The minimum atomic E-state index is -0.600. The Balaban J connectivity index is 1.19. The van der Waals surface area contributed by atoms with Gasteiger partial charge in [-0.2, -0.15) is 4.98 Å². The normalized spacial score (nSPS) is 19.4. The van der Waals surface area contributed by atoms with Crippen molar-refractivity contribution >= 4 is 17.9 Å². The first-order valence-electron chi connectivity index (χ1n) is 14.1. The van der Waals surface area contributed by atoms with Crippen LogP contribution in [0.25, 0.3) is 17.2 Å². The molecule has 214 valence electrons. The maximum atomic E-state index is 12.9. The number of ether oxygens (including phenoxy) is 3. The molecule has 2 fully saturated rings. The van der Waals surface area contributed by atoms with Gasteiger partial charge >= 0.3 is 6.09 Å². The predicted molar refractivity (Wildman–Crippen MR) is 148 cm³/mol. The molecule has 0 unspecified atom stereocenters. The molecule has 1 N–H and O–H groups in total. The summed E-state index contributed by atoms with van der Waals surface area (Å²) in [5, 5.41) is 3.43. The molecule has 2 aromatic heterocycles. The minimum Gasteiger partial charge on any atom is -0.454 e. The lowest BCUT2D eigenvalue weighted by molar-refractivity contribution is -0.131. The molecule has 3 aromatic rings. The maximum absolute atomic E-state index is 12.9. The molecule has 12 nitrogen and oxygen atoms in total. The standard InChI is InChI=1S/C29H33N7O5/c1-29(2,3)41-28(38)35-14-20-21(15-35)36(25(32-20)18-6-7-22-23(12-18)40-16-39-22)24-8-10-30-27(33-24)31-19-9-11-34(13-19)26(37)17-4-5-17/h6-8,10,12,17,19H,4-5,9,11,13-16H2,1-3H3,(H,30,31,33)/t19-/m1/s1. The van der Waals surface area contributed by atoms with E-state index in [-0.39, 0.29) is 30.8 Å². The van der Waals surface area contributed by atoms with Crippen LogP contribution in [0.1, 0.15) is 51.4 Å². The molecule has 1 aliphatic carbocycles. The van der Waals surface area contributed by atoms with Crippen LogP contribution in [0.5, 0.6) is 11.5 Å². The molecular weight excluding hydrogens is 526 g/mol. The number of nitrogens with zero attached hydrogens (tertiary/aromatic N) is 6. The minimum absolute atomic E-state index is 0.0810. The first kappa shape index (κ1) is 25.6. The molecule has 0 bridgehead atoms. The summed E-state index contributed by atoms with van der Waals surface area (Å²) in [4.78, 5) is 43.3. The molecule has 1 saturated heterocycles. The van der Waals surface area contributed by atoms with Crippen LogP contribution in [0, 0.1) is 5.92 Å². The largest absolute Gasteiger partial charge is 0.454 e. The summed E-state index contributed by atoms with van der Waals surface area (Å²) in [6.07, 6.45) is 4.18. The van der Waals surface area contributed by atoms with Crippen LogP contribution in [0.15, 0.2) is 30.5 Å². The molecule has 12 heteroatoms. The third-order valence-corrected chi connectivity index (χ3v) is 7.65. The highest BCUT2D eigenvalue weighted by Crippen LogP contribution is 2.38. The number of nitrogens with one attached hydrogen (secondary N) is 1. The fourth-order valence-corrected chi connectivity index (χ4v) is 5.53. The fourth-order valence-electron chi connectivity index (χ4n) is 5.53. The molecule has 1 aromatic carbocycles. The van der Waals surface area contributed by atoms with E-state index in [1.165, 1.54) is 0 Å². The van der Waals surface area contributed by atoms with Crippen molar-refractivity contribution in [1.29, 1.82) is 0 Å². The number of hydrogen-bond acceptors (Lipinski definition) is 9. The van der Waals surface area contributed by atoms with Crippen molar-refractivity contribution in [2.75, 3.05) is 25.2 Å². The molecule has 5 heterocycles. The van der Waals surface area contributed by atoms with E-state index in [0.29, 0.717) is 48.7 Å². The lowest BCUT2D eigenvalue weighted by atomic mass is 10.2. The van der Waals surface area contributed by atoms with E-state index in [1.54, 1.807) is 11.1 Å². The van der Waals surface area contributed by atoms with E-state index in [1.807, 2.05) is 54.5 Å². The van der Waals surface area contributed by atoms with Crippen molar-refractivity contribution < 1.29 is 23.8 Å². The summed E-state index contributed by atoms with van der Waals surface area (Å²) < 4.78 is 18.7. The van der Waals surface area contributed by atoms with E-state index in [9.17, 15) is 9.59 Å². The van der Waals surface area contributed by atoms with Gasteiger partial charge in [0.25, 0.3) is 0 Å². The molecule has 3 aliphatic heterocycles. The van der Waals surface area contributed by atoms with E-state index in [2.05, 4.69) is 10.3 Å². The van der Waals surface area contributed by atoms with Crippen LogP contribution in [-0.2, 0) is 22.6 Å². The highest BCUT2D eigenvalue weighted by molar-refractivity contribution is 5.81. The predicted octanol–water partition coefficient (Wildman–Crippen LogP) is 3.73. The number of aromatic nitrogens is 4. The first-order valence-corrected chi connectivity index (χ1v) is 14.1. The highest BCUT2D eigenvalue weighted by Gasteiger charge is 2.37. The van der Waals surface area contributed by atoms with Crippen molar-refractivity contribution in [2.45, 2.75) is 64.8 Å². The molecule has 4 aliphatic rings. The molecule has 41 heavy (non-hydrogen) atoms. The average molecular weight is 560 g/mol. The SMILES string of the molecule is CC(C)(C)OC(=O)N1Cc2nc(-c3ccc4c(c3)OCO4)n(-c3ccnc(N[C@@H]4CCN(C(=O)C5CC5)C4)n3)c2C1. The third-order valence-electron chi connectivity index (χ3n) is 7.65. The number of carbonyl (C=O) groups excluding carboxylic acids is 2. The number of anilines is 1. The summed E-state index contributed by atoms with van der Waals surface area (Å²) in [7, 11) is 0. The molecule has 7 rings (SSSR count). The number of rotatable bonds is 5. The van der Waals surface area contributed by atoms with Crippen molar-refractivity contribution in [1.82, 2.24) is 29.3 Å². The highest BCUT2D eigenvalue weighted by atomic mass is 16.7. The van der Waals surface area contributed by atoms with Gasteiger partial charge in [0.1, 0.15) is 17.2 Å². The molecule has 2 amide bonds. The monoisotopic (exact) mass is 559 g/mol. The zero-order valence-electron chi connectivity index (χ0n) is 23.4. The maximum Gasteiger partial charge on any atom is 0.410 e. The lowest BCUT2D eigenvalue weighted by Gasteiger charge is -2.24. The zero-order valence-corrected chi connectivity index (χ0v) is 23.4. The van der Waals surface area contributed by atoms with Crippen LogP contribution in [0.2, 0.25) is 0 Å². The molecule has 0 spiro atoms. The zero-order chi connectivity index (χ0) is 28.3. The number of amides is 2. The van der Waals surface area contributed by atoms with Crippen molar-refractivity contribution in [2.24, 2.45) is 5.92 Å². The Morgan fingerprint density at radius 2 is 1.85 bits per heavy atom. The quantitative estimate of drug-likeness (QED) is 0.498. The summed E-state index contributed by atoms with van der Waals surface area (Å²) in [6, 6.07) is 7.63. The molecule has 1 saturated carbocycles. The fraction of sp³-hybridized carbons (Fsp3) is 0.483. The van der Waals surface area contributed by atoms with Crippen molar-refractivity contribution in [3.63, 3.8) is 0 Å². The Morgan fingerprint density at radius 3 is 2.66 bits per heavy atom. The second-order valence-corrected chi connectivity index (χ2v) is 12.0. The third kappa shape index (κ3) is 5.02. The Bertz CT molecular complexity index is 1530. The van der Waals surface area contributed by atoms with E-state index in [0.717, 1.165) is 42.8 Å². The van der Waals surface area contributed by atoms with Gasteiger partial charge in [-0.25, -0.2) is 14.8 Å². The smallest absolute Gasteiger partial charge is 0.410 e. The molecular formula is C29H33N7O5. The Morgan fingerprint density at radius 1 is 1.02 bits per heavy atom. The number of fused-ring (bicyclic) bond motifs is 2. The second-order valence-electron chi connectivity index (χ2n) is 12.0. The number of imidazole rings is 1. The van der Waals surface area contributed by atoms with Gasteiger partial charge < -0.3 is 24.4 Å². The van der Waals surface area contributed by atoms with E-state index >= 15 is 0 Å². The Hall–Kier alpha value is -4.35. The van der Waals surface area contributed by atoms with Gasteiger partial charge in [0.05, 0.1) is 24.5 Å². The topological polar surface area (TPSA) is 124 Å². The van der Waals surface area contributed by atoms with Gasteiger partial charge in [0, 0.05) is 36.8 Å². The van der Waals surface area contributed by atoms with Crippen molar-refractivity contribution in [3.05, 3.63) is 41.9 Å². The average Bonchev–Trinajstić information content (AvgIpc) is 3.25. The van der Waals surface area contributed by atoms with E-state index in [4.69, 9.17) is 24.2 Å². The van der Waals surface area contributed by atoms with Gasteiger partial charge in [0.2, 0.25) is 18.6 Å². The van der Waals surface area contributed by atoms with E-state index < -0.39 is 5.60 Å². The van der Waals surface area contributed by atoms with Gasteiger partial charge in [-0.3, -0.25) is 14.3 Å². The summed E-state index contributed by atoms with van der Waals surface area (Å²) in [6.45, 7) is 7.79. The summed E-state index contributed by atoms with van der Waals surface area (Å²) in [5.74, 6) is 3.61. The van der Waals surface area contributed by atoms with Gasteiger partial charge in [-0.05, 0) is 64.3 Å². The Kier molecular flexibility index (Phi) is 6.02. The number of hydrogen-bond donors (Lipinski definition) is 1. The number of likely N-dealkylation sites (tertiary alicyclic amines) is 1. The van der Waals surface area contributed by atoms with Gasteiger partial charge in [-0.1, -0.05) is 0 Å². The number of benzene rings is 1. The van der Waals surface area contributed by atoms with Crippen LogP contribution in [0.4, 0.5) is 10.7 Å². The summed E-state index contributed by atoms with van der Waals surface area (Å²) in [5.41, 5.74) is 1.87. The Labute approximate surface area is 237 Å². The van der Waals surface area contributed by atoms with Crippen LogP contribution in [-0.4, -0.2) is 72.8 Å². The van der Waals surface area contributed by atoms with Crippen LogP contribution in [0.3, 0.4) is 0 Å². The van der Waals surface area contributed by atoms with Gasteiger partial charge in [-0.15, -0.1) is 0 Å². The lowest BCUT2D eigenvalue weighted by Crippen LogP contribution is -2.33. The van der Waals surface area contributed by atoms with Crippen molar-refractivity contribution in [3.8, 4) is 28.7 Å². The number of carbonyl (C=O) groups is 2. The first-order chi connectivity index (χ1) is 19.7.